The Bertz CT molecular complexity index is 577. The highest BCUT2D eigenvalue weighted by Crippen LogP contribution is 2.32. The molecule has 0 aliphatic carbocycles. The number of nitrogens with one attached hydrogen (secondary N) is 1. The topological polar surface area (TPSA) is 55.8 Å². The van der Waals surface area contributed by atoms with Crippen LogP contribution in [0.25, 0.3) is 6.08 Å². The summed E-state index contributed by atoms with van der Waals surface area (Å²) in [6.45, 7) is 7.32. The summed E-state index contributed by atoms with van der Waals surface area (Å²) < 4.78 is 0. The molecule has 1 aromatic carbocycles. The number of benzene rings is 1. The summed E-state index contributed by atoms with van der Waals surface area (Å²) >= 11 is 0. The van der Waals surface area contributed by atoms with Crippen LogP contribution in [0.4, 0.5) is 11.4 Å². The number of fused-ring (bicyclic) bond motifs is 1. The predicted molar refractivity (Wildman–Crippen MR) is 85.0 cm³/mol. The second-order valence-electron chi connectivity index (χ2n) is 5.47. The van der Waals surface area contributed by atoms with E-state index in [0.717, 1.165) is 44.0 Å². The molecule has 5 nitrogen and oxygen atoms in total. The summed E-state index contributed by atoms with van der Waals surface area (Å²) in [5.41, 5.74) is 3.77. The molecule has 2 N–H and O–H groups in total. The average molecular weight is 287 g/mol. The molecular weight excluding hydrogens is 266 g/mol. The third kappa shape index (κ3) is 2.74. The number of carbonyl (C=O) groups is 1. The summed E-state index contributed by atoms with van der Waals surface area (Å²) in [5.74, 6) is -0.827. The van der Waals surface area contributed by atoms with Crippen molar-refractivity contribution < 1.29 is 9.90 Å². The van der Waals surface area contributed by atoms with Crippen LogP contribution < -0.4 is 15.1 Å². The Hall–Kier alpha value is -2.01. The normalized spacial score (nSPS) is 18.2. The van der Waals surface area contributed by atoms with Crippen molar-refractivity contribution >= 4 is 23.4 Å². The maximum Gasteiger partial charge on any atom is 0.333 e. The highest BCUT2D eigenvalue weighted by molar-refractivity contribution is 5.96. The molecule has 3 rings (SSSR count). The lowest BCUT2D eigenvalue weighted by atomic mass is 10.0. The molecule has 0 spiro atoms. The maximum atomic E-state index is 11.3. The predicted octanol–water partition coefficient (Wildman–Crippen LogP) is 1.40. The average Bonchev–Trinajstić information content (AvgIpc) is 2.53. The van der Waals surface area contributed by atoms with E-state index in [2.05, 4.69) is 40.2 Å². The monoisotopic (exact) mass is 287 g/mol. The third-order valence-electron chi connectivity index (χ3n) is 4.18. The van der Waals surface area contributed by atoms with Crippen molar-refractivity contribution in [3.05, 3.63) is 29.3 Å². The Morgan fingerprint density at radius 1 is 1.33 bits per heavy atom. The minimum absolute atomic E-state index is 0.460. The number of carboxylic acid groups (broad SMARTS) is 1. The van der Waals surface area contributed by atoms with Crippen molar-refractivity contribution in [3.8, 4) is 0 Å². The number of hydrogen-bond donors (Lipinski definition) is 2. The molecule has 0 saturated carbocycles. The summed E-state index contributed by atoms with van der Waals surface area (Å²) in [6, 6.07) is 6.38. The highest BCUT2D eigenvalue weighted by Gasteiger charge is 2.21. The fraction of sp³-hybridized carbons (Fsp3) is 0.438. The zero-order valence-electron chi connectivity index (χ0n) is 12.3. The van der Waals surface area contributed by atoms with Crippen molar-refractivity contribution in [1.29, 1.82) is 0 Å². The lowest BCUT2D eigenvalue weighted by Gasteiger charge is -2.33. The van der Waals surface area contributed by atoms with Crippen LogP contribution in [-0.2, 0) is 4.79 Å². The van der Waals surface area contributed by atoms with Gasteiger partial charge in [-0.25, -0.2) is 4.79 Å². The van der Waals surface area contributed by atoms with Gasteiger partial charge in [0.2, 0.25) is 0 Å². The Balaban J connectivity index is 1.96. The largest absolute Gasteiger partial charge is 0.478 e. The molecule has 2 heterocycles. The molecule has 1 saturated heterocycles. The maximum absolute atomic E-state index is 11.3. The Kier molecular flexibility index (Phi) is 3.84. The van der Waals surface area contributed by atoms with Crippen LogP contribution in [0.2, 0.25) is 0 Å². The second kappa shape index (κ2) is 5.77. The van der Waals surface area contributed by atoms with Gasteiger partial charge in [0.05, 0.1) is 12.1 Å². The van der Waals surface area contributed by atoms with Crippen LogP contribution in [0, 0.1) is 0 Å². The summed E-state index contributed by atoms with van der Waals surface area (Å²) in [4.78, 5) is 15.8. The van der Waals surface area contributed by atoms with E-state index in [4.69, 9.17) is 0 Å². The lowest BCUT2D eigenvalue weighted by Crippen LogP contribution is -2.43. The van der Waals surface area contributed by atoms with Gasteiger partial charge in [-0.05, 0) is 31.2 Å². The smallest absolute Gasteiger partial charge is 0.333 e. The van der Waals surface area contributed by atoms with Crippen LogP contribution in [-0.4, -0.2) is 50.3 Å². The molecule has 0 radical (unpaired) electrons. The van der Waals surface area contributed by atoms with Crippen LogP contribution in [0.15, 0.2) is 23.8 Å². The van der Waals surface area contributed by atoms with Crippen molar-refractivity contribution in [3.63, 3.8) is 0 Å². The third-order valence-corrected chi connectivity index (χ3v) is 4.18. The van der Waals surface area contributed by atoms with Gasteiger partial charge in [-0.15, -0.1) is 0 Å². The number of rotatable bonds is 3. The van der Waals surface area contributed by atoms with Gasteiger partial charge in [0.25, 0.3) is 0 Å². The number of carboxylic acids is 1. The van der Waals surface area contributed by atoms with E-state index in [1.54, 1.807) is 0 Å². The number of hydrogen-bond acceptors (Lipinski definition) is 4. The van der Waals surface area contributed by atoms with E-state index in [9.17, 15) is 9.90 Å². The zero-order valence-corrected chi connectivity index (χ0v) is 12.3. The SMILES string of the molecule is CCN1CC(C(=O)O)=Cc2cc(N3CCNCC3)ccc21. The van der Waals surface area contributed by atoms with E-state index in [-0.39, 0.29) is 0 Å². The fourth-order valence-corrected chi connectivity index (χ4v) is 3.00. The first-order chi connectivity index (χ1) is 10.2. The van der Waals surface area contributed by atoms with Gasteiger partial charge in [-0.2, -0.15) is 0 Å². The van der Waals surface area contributed by atoms with Crippen LogP contribution in [0.3, 0.4) is 0 Å². The van der Waals surface area contributed by atoms with Crippen LogP contribution in [0.5, 0.6) is 0 Å². The zero-order chi connectivity index (χ0) is 14.8. The van der Waals surface area contributed by atoms with Crippen molar-refractivity contribution in [1.82, 2.24) is 5.32 Å². The fourth-order valence-electron chi connectivity index (χ4n) is 3.00. The molecule has 0 bridgehead atoms. The molecule has 0 atom stereocenters. The molecule has 2 aliphatic rings. The van der Waals surface area contributed by atoms with Crippen LogP contribution >= 0.6 is 0 Å². The van der Waals surface area contributed by atoms with Crippen molar-refractivity contribution in [2.24, 2.45) is 0 Å². The van der Waals surface area contributed by atoms with Crippen LogP contribution in [0.1, 0.15) is 12.5 Å². The van der Waals surface area contributed by atoms with E-state index in [0.29, 0.717) is 12.1 Å². The molecule has 2 aliphatic heterocycles. The highest BCUT2D eigenvalue weighted by atomic mass is 16.4. The molecule has 5 heteroatoms. The van der Waals surface area contributed by atoms with Gasteiger partial charge in [0, 0.05) is 49.7 Å². The first-order valence-electron chi connectivity index (χ1n) is 7.47. The second-order valence-corrected chi connectivity index (χ2v) is 5.47. The van der Waals surface area contributed by atoms with Crippen molar-refractivity contribution in [2.75, 3.05) is 49.1 Å². The standard InChI is InChI=1S/C16H21N3O2/c1-2-18-11-13(16(20)21)9-12-10-14(3-4-15(12)18)19-7-5-17-6-8-19/h3-4,9-10,17H,2,5-8,11H2,1H3,(H,20,21). The molecule has 1 aromatic rings. The summed E-state index contributed by atoms with van der Waals surface area (Å²) in [6.07, 6.45) is 1.82. The number of likely N-dealkylation sites (N-methyl/N-ethyl adjacent to an activating group) is 1. The van der Waals surface area contributed by atoms with Gasteiger partial charge < -0.3 is 20.2 Å². The quantitative estimate of drug-likeness (QED) is 0.880. The van der Waals surface area contributed by atoms with Gasteiger partial charge in [-0.1, -0.05) is 0 Å². The first kappa shape index (κ1) is 13.9. The number of piperazine rings is 1. The van der Waals surface area contributed by atoms with E-state index in [1.807, 2.05) is 6.08 Å². The number of anilines is 2. The van der Waals surface area contributed by atoms with E-state index in [1.165, 1.54) is 5.69 Å². The Morgan fingerprint density at radius 2 is 2.10 bits per heavy atom. The molecular formula is C16H21N3O2. The summed E-state index contributed by atoms with van der Waals surface area (Å²) in [7, 11) is 0. The first-order valence-corrected chi connectivity index (χ1v) is 7.47. The minimum atomic E-state index is -0.827. The van der Waals surface area contributed by atoms with Gasteiger partial charge in [-0.3, -0.25) is 0 Å². The molecule has 1 fully saturated rings. The molecule has 0 unspecified atom stereocenters. The Labute approximate surface area is 124 Å². The van der Waals surface area contributed by atoms with E-state index >= 15 is 0 Å². The Morgan fingerprint density at radius 3 is 2.76 bits per heavy atom. The van der Waals surface area contributed by atoms with Gasteiger partial charge in [0.15, 0.2) is 0 Å². The van der Waals surface area contributed by atoms with E-state index < -0.39 is 5.97 Å². The minimum Gasteiger partial charge on any atom is -0.478 e. The van der Waals surface area contributed by atoms with Gasteiger partial charge >= 0.3 is 5.97 Å². The molecule has 0 amide bonds. The molecule has 21 heavy (non-hydrogen) atoms. The lowest BCUT2D eigenvalue weighted by molar-refractivity contribution is -0.132. The van der Waals surface area contributed by atoms with Crippen molar-refractivity contribution in [2.45, 2.75) is 6.92 Å². The molecule has 112 valence electrons. The number of aliphatic carboxylic acids is 1. The van der Waals surface area contributed by atoms with Gasteiger partial charge in [0.1, 0.15) is 0 Å². The number of nitrogens with zero attached hydrogens (tertiary/aromatic N) is 2. The molecule has 0 aromatic heterocycles. The summed E-state index contributed by atoms with van der Waals surface area (Å²) in [5, 5.41) is 12.6.